The van der Waals surface area contributed by atoms with E-state index < -0.39 is 0 Å². The molecule has 6 heteroatoms. The minimum absolute atomic E-state index is 0.0157. The standard InChI is InChI=1S/C21H26N4O2/c1-15(2)25(21(26)27-20-13-24-9-7-17(20)8-10-24)19-5-3-16(4-6-19)18-11-22-14-23-12-18/h3-6,11-12,14-15,17,20H,7-10,13H2,1-2H3. The van der Waals surface area contributed by atoms with E-state index in [4.69, 9.17) is 4.74 Å². The van der Waals surface area contributed by atoms with Crippen LogP contribution in [0, 0.1) is 5.92 Å². The summed E-state index contributed by atoms with van der Waals surface area (Å²) in [5.41, 5.74) is 2.82. The van der Waals surface area contributed by atoms with Crippen LogP contribution in [0.2, 0.25) is 0 Å². The van der Waals surface area contributed by atoms with Crippen molar-refractivity contribution in [1.29, 1.82) is 0 Å². The fourth-order valence-corrected chi connectivity index (χ4v) is 4.11. The van der Waals surface area contributed by atoms with Gasteiger partial charge < -0.3 is 4.74 Å². The number of amides is 1. The Hall–Kier alpha value is -2.47. The van der Waals surface area contributed by atoms with E-state index in [-0.39, 0.29) is 18.2 Å². The second-order valence-electron chi connectivity index (χ2n) is 7.70. The van der Waals surface area contributed by atoms with Crippen molar-refractivity contribution in [1.82, 2.24) is 14.9 Å². The Morgan fingerprint density at radius 2 is 1.78 bits per heavy atom. The average Bonchev–Trinajstić information content (AvgIpc) is 2.70. The van der Waals surface area contributed by atoms with Crippen LogP contribution in [-0.2, 0) is 4.74 Å². The molecule has 0 saturated carbocycles. The van der Waals surface area contributed by atoms with Gasteiger partial charge in [-0.1, -0.05) is 12.1 Å². The molecule has 2 bridgehead atoms. The van der Waals surface area contributed by atoms with E-state index >= 15 is 0 Å². The van der Waals surface area contributed by atoms with Gasteiger partial charge in [-0.25, -0.2) is 14.8 Å². The third kappa shape index (κ3) is 3.81. The summed E-state index contributed by atoms with van der Waals surface area (Å²) in [5.74, 6) is 0.508. The van der Waals surface area contributed by atoms with Crippen LogP contribution in [0.5, 0.6) is 0 Å². The maximum atomic E-state index is 12.9. The van der Waals surface area contributed by atoms with E-state index in [1.807, 2.05) is 38.1 Å². The van der Waals surface area contributed by atoms with Gasteiger partial charge in [-0.2, -0.15) is 0 Å². The third-order valence-corrected chi connectivity index (χ3v) is 5.60. The van der Waals surface area contributed by atoms with Gasteiger partial charge in [0.1, 0.15) is 12.4 Å². The van der Waals surface area contributed by atoms with Crippen LogP contribution in [0.25, 0.3) is 11.1 Å². The average molecular weight is 366 g/mol. The number of fused-ring (bicyclic) bond motifs is 3. The highest BCUT2D eigenvalue weighted by molar-refractivity contribution is 5.88. The van der Waals surface area contributed by atoms with Gasteiger partial charge in [0.2, 0.25) is 0 Å². The highest BCUT2D eigenvalue weighted by Gasteiger charge is 2.37. The van der Waals surface area contributed by atoms with Gasteiger partial charge in [-0.05, 0) is 63.4 Å². The van der Waals surface area contributed by atoms with Crippen LogP contribution in [0.4, 0.5) is 10.5 Å². The minimum atomic E-state index is -0.250. The van der Waals surface area contributed by atoms with Crippen LogP contribution >= 0.6 is 0 Å². The van der Waals surface area contributed by atoms with Crippen molar-refractivity contribution in [3.05, 3.63) is 43.0 Å². The smallest absolute Gasteiger partial charge is 0.414 e. The Labute approximate surface area is 160 Å². The molecule has 1 atom stereocenters. The monoisotopic (exact) mass is 366 g/mol. The molecule has 3 aliphatic rings. The van der Waals surface area contributed by atoms with Crippen LogP contribution in [0.1, 0.15) is 26.7 Å². The molecule has 6 nitrogen and oxygen atoms in total. The van der Waals surface area contributed by atoms with Gasteiger partial charge in [0.15, 0.2) is 0 Å². The number of carbonyl (C=O) groups is 1. The zero-order chi connectivity index (χ0) is 18.8. The summed E-state index contributed by atoms with van der Waals surface area (Å²) in [6.45, 7) is 7.16. The van der Waals surface area contributed by atoms with Gasteiger partial charge in [0.05, 0.1) is 0 Å². The zero-order valence-electron chi connectivity index (χ0n) is 15.9. The first-order valence-electron chi connectivity index (χ1n) is 9.69. The summed E-state index contributed by atoms with van der Waals surface area (Å²) in [7, 11) is 0. The molecule has 5 rings (SSSR count). The lowest BCUT2D eigenvalue weighted by Crippen LogP contribution is -2.53. The first-order chi connectivity index (χ1) is 13.1. The highest BCUT2D eigenvalue weighted by Crippen LogP contribution is 2.31. The van der Waals surface area contributed by atoms with Crippen LogP contribution in [0.3, 0.4) is 0 Å². The predicted octanol–water partition coefficient (Wildman–Crippen LogP) is 3.59. The summed E-state index contributed by atoms with van der Waals surface area (Å²) in [6.07, 6.45) is 7.11. The van der Waals surface area contributed by atoms with Crippen molar-refractivity contribution in [2.75, 3.05) is 24.5 Å². The van der Waals surface area contributed by atoms with E-state index in [1.165, 1.54) is 6.33 Å². The molecule has 1 aromatic heterocycles. The summed E-state index contributed by atoms with van der Waals surface area (Å²) in [5, 5.41) is 0. The molecule has 0 N–H and O–H groups in total. The Morgan fingerprint density at radius 3 is 2.33 bits per heavy atom. The highest BCUT2D eigenvalue weighted by atomic mass is 16.6. The number of rotatable bonds is 4. The summed E-state index contributed by atoms with van der Waals surface area (Å²) in [6, 6.07) is 7.92. The lowest BCUT2D eigenvalue weighted by Gasteiger charge is -2.44. The summed E-state index contributed by atoms with van der Waals surface area (Å²) >= 11 is 0. The quantitative estimate of drug-likeness (QED) is 0.828. The van der Waals surface area contributed by atoms with Gasteiger partial charge in [0.25, 0.3) is 0 Å². The summed E-state index contributed by atoms with van der Waals surface area (Å²) < 4.78 is 5.94. The first kappa shape index (κ1) is 17.9. The van der Waals surface area contributed by atoms with Crippen molar-refractivity contribution in [3.63, 3.8) is 0 Å². The molecule has 3 fully saturated rings. The van der Waals surface area contributed by atoms with Gasteiger partial charge in [0, 0.05) is 36.2 Å². The molecule has 0 spiro atoms. The zero-order valence-corrected chi connectivity index (χ0v) is 15.9. The second-order valence-corrected chi connectivity index (χ2v) is 7.70. The van der Waals surface area contributed by atoms with Gasteiger partial charge in [-0.3, -0.25) is 9.80 Å². The lowest BCUT2D eigenvalue weighted by atomic mass is 9.86. The number of hydrogen-bond acceptors (Lipinski definition) is 5. The van der Waals surface area contributed by atoms with E-state index in [1.54, 1.807) is 17.3 Å². The molecule has 0 aliphatic carbocycles. The van der Waals surface area contributed by atoms with E-state index in [9.17, 15) is 4.79 Å². The van der Waals surface area contributed by atoms with Crippen LogP contribution in [0.15, 0.2) is 43.0 Å². The van der Waals surface area contributed by atoms with Gasteiger partial charge in [-0.15, -0.1) is 0 Å². The largest absolute Gasteiger partial charge is 0.444 e. The Bertz CT molecular complexity index is 771. The maximum Gasteiger partial charge on any atom is 0.414 e. The molecule has 1 amide bonds. The lowest BCUT2D eigenvalue weighted by molar-refractivity contribution is -0.0313. The number of ether oxygens (including phenoxy) is 1. The molecule has 1 aromatic carbocycles. The number of hydrogen-bond donors (Lipinski definition) is 0. The molecular formula is C21H26N4O2. The van der Waals surface area contributed by atoms with Crippen molar-refractivity contribution in [3.8, 4) is 11.1 Å². The van der Waals surface area contributed by atoms with E-state index in [0.29, 0.717) is 5.92 Å². The fraction of sp³-hybridized carbons (Fsp3) is 0.476. The Kier molecular flexibility index (Phi) is 5.07. The number of aromatic nitrogens is 2. The molecule has 2 aromatic rings. The number of carbonyl (C=O) groups excluding carboxylic acids is 1. The third-order valence-electron chi connectivity index (χ3n) is 5.60. The first-order valence-corrected chi connectivity index (χ1v) is 9.69. The number of nitrogens with zero attached hydrogens (tertiary/aromatic N) is 4. The molecule has 4 heterocycles. The van der Waals surface area contributed by atoms with Crippen LogP contribution in [-0.4, -0.2) is 52.7 Å². The summed E-state index contributed by atoms with van der Waals surface area (Å²) in [4.78, 5) is 25.2. The molecule has 3 saturated heterocycles. The molecule has 27 heavy (non-hydrogen) atoms. The number of benzene rings is 1. The Balaban J connectivity index is 1.49. The van der Waals surface area contributed by atoms with Crippen molar-refractivity contribution >= 4 is 11.8 Å². The van der Waals surface area contributed by atoms with Crippen molar-refractivity contribution < 1.29 is 9.53 Å². The SMILES string of the molecule is CC(C)N(C(=O)OC1CN2CCC1CC2)c1ccc(-c2cncnc2)cc1. The topological polar surface area (TPSA) is 58.6 Å². The maximum absolute atomic E-state index is 12.9. The number of anilines is 1. The molecule has 0 radical (unpaired) electrons. The fourth-order valence-electron chi connectivity index (χ4n) is 4.11. The van der Waals surface area contributed by atoms with E-state index in [2.05, 4.69) is 14.9 Å². The molecule has 3 aliphatic heterocycles. The normalized spacial score (nSPS) is 24.0. The number of piperidine rings is 3. The molecule has 1 unspecified atom stereocenters. The molecular weight excluding hydrogens is 340 g/mol. The van der Waals surface area contributed by atoms with Crippen molar-refractivity contribution in [2.45, 2.75) is 38.8 Å². The van der Waals surface area contributed by atoms with Crippen LogP contribution < -0.4 is 4.90 Å². The Morgan fingerprint density at radius 1 is 1.11 bits per heavy atom. The van der Waals surface area contributed by atoms with E-state index in [0.717, 1.165) is 49.3 Å². The minimum Gasteiger partial charge on any atom is -0.444 e. The predicted molar refractivity (Wildman–Crippen MR) is 105 cm³/mol. The molecule has 142 valence electrons. The second kappa shape index (κ2) is 7.64. The van der Waals surface area contributed by atoms with Gasteiger partial charge >= 0.3 is 6.09 Å². The van der Waals surface area contributed by atoms with Crippen molar-refractivity contribution in [2.24, 2.45) is 5.92 Å².